The predicted molar refractivity (Wildman–Crippen MR) is 35.5 cm³/mol. The quantitative estimate of drug-likeness (QED) is 0.165. The molecule has 0 unspecified atom stereocenters. The SMILES string of the molecule is CN(N)C(=O)C(=O)N(C)N=O. The molecule has 2 N–H and O–H groups in total. The summed E-state index contributed by atoms with van der Waals surface area (Å²) in [4.78, 5) is 31.0. The number of carbonyl (C=O) groups excluding carboxylic acids is 2. The van der Waals surface area contributed by atoms with E-state index in [9.17, 15) is 14.5 Å². The number of hydrazine groups is 1. The van der Waals surface area contributed by atoms with Gasteiger partial charge in [0.05, 0.1) is 5.29 Å². The molecule has 0 atom stereocenters. The van der Waals surface area contributed by atoms with E-state index in [1.54, 1.807) is 0 Å². The third-order valence-electron chi connectivity index (χ3n) is 0.920. The standard InChI is InChI=1S/C4H8N4O3/c1-7(5)3(9)4(10)8(2)6-11/h5H2,1-2H3. The second-order valence-corrected chi connectivity index (χ2v) is 1.83. The maximum absolute atomic E-state index is 10.7. The maximum atomic E-state index is 10.7. The minimum Gasteiger partial charge on any atom is -0.275 e. The summed E-state index contributed by atoms with van der Waals surface area (Å²) < 4.78 is 0. The van der Waals surface area contributed by atoms with Crippen LogP contribution in [-0.4, -0.2) is 35.9 Å². The van der Waals surface area contributed by atoms with Crippen molar-refractivity contribution < 1.29 is 9.59 Å². The predicted octanol–water partition coefficient (Wildman–Crippen LogP) is -1.54. The number of likely N-dealkylation sites (N-methyl/N-ethyl adjacent to an activating group) is 2. The lowest BCUT2D eigenvalue weighted by atomic mass is 10.5. The Kier molecular flexibility index (Phi) is 3.12. The highest BCUT2D eigenvalue weighted by Crippen LogP contribution is 1.87. The molecule has 0 aromatic heterocycles. The van der Waals surface area contributed by atoms with Crippen LogP contribution >= 0.6 is 0 Å². The van der Waals surface area contributed by atoms with E-state index < -0.39 is 11.8 Å². The second-order valence-electron chi connectivity index (χ2n) is 1.83. The Bertz CT molecular complexity index is 190. The van der Waals surface area contributed by atoms with E-state index in [1.807, 2.05) is 0 Å². The Hall–Kier alpha value is -1.50. The topological polar surface area (TPSA) is 96.1 Å². The van der Waals surface area contributed by atoms with Gasteiger partial charge in [0.25, 0.3) is 0 Å². The molecule has 0 aliphatic rings. The highest BCUT2D eigenvalue weighted by molar-refractivity contribution is 6.34. The van der Waals surface area contributed by atoms with Crippen LogP contribution in [-0.2, 0) is 9.59 Å². The average molecular weight is 160 g/mol. The maximum Gasteiger partial charge on any atom is 0.335 e. The van der Waals surface area contributed by atoms with Gasteiger partial charge in [-0.1, -0.05) is 0 Å². The average Bonchev–Trinajstić information content (AvgIpc) is 2.00. The van der Waals surface area contributed by atoms with E-state index >= 15 is 0 Å². The molecule has 0 bridgehead atoms. The van der Waals surface area contributed by atoms with Crippen LogP contribution in [0.25, 0.3) is 0 Å². The second kappa shape index (κ2) is 3.62. The highest BCUT2D eigenvalue weighted by atomic mass is 16.3. The van der Waals surface area contributed by atoms with Crippen LogP contribution in [0.2, 0.25) is 0 Å². The van der Waals surface area contributed by atoms with Gasteiger partial charge in [-0.15, -0.1) is 4.91 Å². The van der Waals surface area contributed by atoms with Crippen molar-refractivity contribution in [2.24, 2.45) is 11.1 Å². The third kappa shape index (κ3) is 2.30. The molecule has 0 radical (unpaired) electrons. The summed E-state index contributed by atoms with van der Waals surface area (Å²) in [6.45, 7) is 0. The summed E-state index contributed by atoms with van der Waals surface area (Å²) in [5.41, 5.74) is 0. The largest absolute Gasteiger partial charge is 0.335 e. The molecule has 0 saturated heterocycles. The van der Waals surface area contributed by atoms with Crippen LogP contribution in [0.3, 0.4) is 0 Å². The van der Waals surface area contributed by atoms with Crippen molar-refractivity contribution in [3.8, 4) is 0 Å². The first-order chi connectivity index (χ1) is 5.00. The van der Waals surface area contributed by atoms with Gasteiger partial charge in [-0.05, 0) is 0 Å². The Balaban J connectivity index is 4.25. The number of carbonyl (C=O) groups is 2. The molecule has 0 rings (SSSR count). The van der Waals surface area contributed by atoms with E-state index in [4.69, 9.17) is 5.84 Å². The summed E-state index contributed by atoms with van der Waals surface area (Å²) in [6.07, 6.45) is 0. The molecule has 2 amide bonds. The molecule has 62 valence electrons. The summed E-state index contributed by atoms with van der Waals surface area (Å²) in [6, 6.07) is 0. The molecule has 0 aromatic carbocycles. The number of hydrogen-bond acceptors (Lipinski definition) is 5. The van der Waals surface area contributed by atoms with Gasteiger partial charge in [0.2, 0.25) is 0 Å². The normalized spacial score (nSPS) is 8.64. The fourth-order valence-electron chi connectivity index (χ4n) is 0.326. The van der Waals surface area contributed by atoms with Crippen LogP contribution in [0.1, 0.15) is 0 Å². The Morgan fingerprint density at radius 1 is 1.27 bits per heavy atom. The zero-order valence-corrected chi connectivity index (χ0v) is 6.14. The van der Waals surface area contributed by atoms with Crippen molar-refractivity contribution in [3.05, 3.63) is 4.91 Å². The van der Waals surface area contributed by atoms with E-state index in [0.29, 0.717) is 10.0 Å². The van der Waals surface area contributed by atoms with E-state index in [2.05, 4.69) is 5.29 Å². The molecule has 7 heteroatoms. The fourth-order valence-corrected chi connectivity index (χ4v) is 0.326. The summed E-state index contributed by atoms with van der Waals surface area (Å²) in [5.74, 6) is 2.86. The van der Waals surface area contributed by atoms with Gasteiger partial charge in [0.15, 0.2) is 0 Å². The van der Waals surface area contributed by atoms with E-state index in [1.165, 1.54) is 7.05 Å². The number of nitrogens with zero attached hydrogens (tertiary/aromatic N) is 3. The molecule has 0 spiro atoms. The minimum absolute atomic E-state index is 0.367. The molecule has 0 aliphatic heterocycles. The van der Waals surface area contributed by atoms with Crippen molar-refractivity contribution in [3.63, 3.8) is 0 Å². The Morgan fingerprint density at radius 3 is 2.00 bits per heavy atom. The monoisotopic (exact) mass is 160 g/mol. The first-order valence-corrected chi connectivity index (χ1v) is 2.64. The van der Waals surface area contributed by atoms with Crippen LogP contribution in [0.4, 0.5) is 0 Å². The Labute approximate surface area is 62.7 Å². The van der Waals surface area contributed by atoms with Crippen molar-refractivity contribution in [1.29, 1.82) is 0 Å². The highest BCUT2D eigenvalue weighted by Gasteiger charge is 2.21. The molecular weight excluding hydrogens is 152 g/mol. The van der Waals surface area contributed by atoms with Crippen molar-refractivity contribution >= 4 is 11.8 Å². The first kappa shape index (κ1) is 9.50. The van der Waals surface area contributed by atoms with E-state index in [0.717, 1.165) is 7.05 Å². The summed E-state index contributed by atoms with van der Waals surface area (Å²) in [5, 5.41) is 3.16. The van der Waals surface area contributed by atoms with Crippen LogP contribution in [0.15, 0.2) is 5.29 Å². The molecule has 7 nitrogen and oxygen atoms in total. The zero-order chi connectivity index (χ0) is 9.02. The van der Waals surface area contributed by atoms with E-state index in [-0.39, 0.29) is 0 Å². The van der Waals surface area contributed by atoms with Crippen molar-refractivity contribution in [1.82, 2.24) is 10.0 Å². The van der Waals surface area contributed by atoms with Gasteiger partial charge in [-0.3, -0.25) is 14.6 Å². The molecule has 0 fully saturated rings. The van der Waals surface area contributed by atoms with Gasteiger partial charge in [-0.2, -0.15) is 5.01 Å². The number of rotatable bonds is 1. The van der Waals surface area contributed by atoms with Gasteiger partial charge < -0.3 is 0 Å². The number of amides is 2. The first-order valence-electron chi connectivity index (χ1n) is 2.64. The minimum atomic E-state index is -1.06. The lowest BCUT2D eigenvalue weighted by molar-refractivity contribution is -0.150. The molecular formula is C4H8N4O3. The third-order valence-corrected chi connectivity index (χ3v) is 0.920. The summed E-state index contributed by atoms with van der Waals surface area (Å²) in [7, 11) is 2.26. The smallest absolute Gasteiger partial charge is 0.275 e. The summed E-state index contributed by atoms with van der Waals surface area (Å²) >= 11 is 0. The molecule has 0 aromatic rings. The number of hydrogen-bond donors (Lipinski definition) is 1. The van der Waals surface area contributed by atoms with Crippen molar-refractivity contribution in [2.45, 2.75) is 0 Å². The zero-order valence-electron chi connectivity index (χ0n) is 6.14. The van der Waals surface area contributed by atoms with Gasteiger partial charge in [0, 0.05) is 14.1 Å². The molecule has 0 saturated carbocycles. The van der Waals surface area contributed by atoms with Gasteiger partial charge in [0.1, 0.15) is 0 Å². The molecule has 11 heavy (non-hydrogen) atoms. The van der Waals surface area contributed by atoms with Crippen LogP contribution in [0.5, 0.6) is 0 Å². The lowest BCUT2D eigenvalue weighted by Gasteiger charge is -2.10. The van der Waals surface area contributed by atoms with Crippen molar-refractivity contribution in [2.75, 3.05) is 14.1 Å². The van der Waals surface area contributed by atoms with Gasteiger partial charge in [-0.25, -0.2) is 5.84 Å². The Morgan fingerprint density at radius 2 is 1.73 bits per heavy atom. The van der Waals surface area contributed by atoms with Gasteiger partial charge >= 0.3 is 11.8 Å². The van der Waals surface area contributed by atoms with Crippen LogP contribution < -0.4 is 5.84 Å². The fraction of sp³-hybridized carbons (Fsp3) is 0.500. The number of nitrogens with two attached hydrogens (primary N) is 1. The molecule has 0 aliphatic carbocycles. The van der Waals surface area contributed by atoms with Crippen LogP contribution in [0, 0.1) is 4.91 Å². The lowest BCUT2D eigenvalue weighted by Crippen LogP contribution is -2.43. The number of nitroso groups, excluding NO2 is 1. The molecule has 0 heterocycles.